The Labute approximate surface area is 192 Å². The number of carbonyl (C=O) groups is 1. The molecule has 3 rings (SSSR count). The molecule has 0 aliphatic carbocycles. The van der Waals surface area contributed by atoms with E-state index in [4.69, 9.17) is 5.73 Å². The average molecular weight is 458 g/mol. The number of benzene rings is 2. The van der Waals surface area contributed by atoms with E-state index in [-0.39, 0.29) is 22.9 Å². The van der Waals surface area contributed by atoms with Gasteiger partial charge in [-0.3, -0.25) is 4.79 Å². The van der Waals surface area contributed by atoms with Crippen LogP contribution in [-0.2, 0) is 21.1 Å². The molecule has 1 amide bonds. The zero-order chi connectivity index (χ0) is 23.1. The predicted molar refractivity (Wildman–Crippen MR) is 128 cm³/mol. The van der Waals surface area contributed by atoms with E-state index in [1.807, 2.05) is 30.0 Å². The third-order valence-corrected chi connectivity index (χ3v) is 7.48. The molecule has 7 heteroatoms. The first kappa shape index (κ1) is 24.4. The van der Waals surface area contributed by atoms with E-state index in [2.05, 4.69) is 17.0 Å². The number of likely N-dealkylation sites (N-methyl/N-ethyl adjacent to an activating group) is 1. The number of nitrogens with zero attached hydrogens (tertiary/aromatic N) is 2. The van der Waals surface area contributed by atoms with Gasteiger partial charge in [-0.15, -0.1) is 0 Å². The van der Waals surface area contributed by atoms with Crippen molar-refractivity contribution in [1.82, 2.24) is 9.80 Å². The van der Waals surface area contributed by atoms with E-state index in [1.54, 1.807) is 24.3 Å². The lowest BCUT2D eigenvalue weighted by Gasteiger charge is -2.38. The summed E-state index contributed by atoms with van der Waals surface area (Å²) >= 11 is 0. The van der Waals surface area contributed by atoms with Crippen LogP contribution in [0.15, 0.2) is 59.5 Å². The second-order valence-corrected chi connectivity index (χ2v) is 10.7. The molecule has 0 saturated carbocycles. The van der Waals surface area contributed by atoms with Crippen molar-refractivity contribution in [1.29, 1.82) is 0 Å². The Morgan fingerprint density at radius 3 is 2.28 bits per heavy atom. The highest BCUT2D eigenvalue weighted by atomic mass is 32.2. The smallest absolute Gasteiger partial charge is 0.227 e. The van der Waals surface area contributed by atoms with Crippen LogP contribution in [0.25, 0.3) is 0 Å². The van der Waals surface area contributed by atoms with Gasteiger partial charge in [0, 0.05) is 38.0 Å². The minimum absolute atomic E-state index is 0.0525. The van der Waals surface area contributed by atoms with Crippen molar-refractivity contribution in [2.24, 2.45) is 5.73 Å². The fourth-order valence-corrected chi connectivity index (χ4v) is 5.04. The van der Waals surface area contributed by atoms with E-state index < -0.39 is 9.84 Å². The second-order valence-electron chi connectivity index (χ2n) is 8.65. The molecule has 1 aliphatic heterocycles. The number of carbonyl (C=O) groups excluding carboxylic acids is 1. The first-order chi connectivity index (χ1) is 15.3. The summed E-state index contributed by atoms with van der Waals surface area (Å²) in [5, 5.41) is 0. The maximum absolute atomic E-state index is 13.0. The Morgan fingerprint density at radius 1 is 1.09 bits per heavy atom. The van der Waals surface area contributed by atoms with Gasteiger partial charge in [0.15, 0.2) is 9.84 Å². The Hall–Kier alpha value is -2.22. The van der Waals surface area contributed by atoms with E-state index in [0.29, 0.717) is 13.0 Å². The quantitative estimate of drug-likeness (QED) is 0.626. The molecule has 2 N–H and O–H groups in total. The number of nitrogens with two attached hydrogens (primary N) is 1. The number of rotatable bonds is 9. The summed E-state index contributed by atoms with van der Waals surface area (Å²) in [4.78, 5) is 17.7. The predicted octanol–water partition coefficient (Wildman–Crippen LogP) is 3.04. The van der Waals surface area contributed by atoms with Gasteiger partial charge >= 0.3 is 0 Å². The Bertz CT molecular complexity index is 969. The number of likely N-dealkylation sites (tertiary alicyclic amines) is 1. The molecular weight excluding hydrogens is 422 g/mol. The molecule has 0 aromatic heterocycles. The van der Waals surface area contributed by atoms with Crippen molar-refractivity contribution >= 4 is 15.7 Å². The van der Waals surface area contributed by atoms with Gasteiger partial charge in [0.05, 0.1) is 11.3 Å². The maximum atomic E-state index is 13.0. The van der Waals surface area contributed by atoms with Gasteiger partial charge in [-0.05, 0) is 56.0 Å². The zero-order valence-corrected chi connectivity index (χ0v) is 19.9. The summed E-state index contributed by atoms with van der Waals surface area (Å²) < 4.78 is 23.2. The van der Waals surface area contributed by atoms with Gasteiger partial charge in [-0.1, -0.05) is 42.5 Å². The summed E-state index contributed by atoms with van der Waals surface area (Å²) in [5.74, 6) is 0.101. The van der Waals surface area contributed by atoms with Gasteiger partial charge in [-0.25, -0.2) is 8.42 Å². The molecule has 174 valence electrons. The molecule has 0 radical (unpaired) electrons. The zero-order valence-electron chi connectivity index (χ0n) is 19.1. The molecular formula is C25H35N3O3S. The van der Waals surface area contributed by atoms with E-state index in [0.717, 1.165) is 44.5 Å². The molecule has 1 unspecified atom stereocenters. The van der Waals surface area contributed by atoms with Crippen LogP contribution in [0, 0.1) is 0 Å². The summed E-state index contributed by atoms with van der Waals surface area (Å²) in [6.45, 7) is 5.62. The monoisotopic (exact) mass is 457 g/mol. The maximum Gasteiger partial charge on any atom is 0.227 e. The summed E-state index contributed by atoms with van der Waals surface area (Å²) in [5.41, 5.74) is 8.36. The standard InChI is InChI=1S/C25H35N3O3S/c1-3-28(25(29)19-20-9-11-23(12-10-20)32(2,30)31)22-13-16-27(17-14-22)18-15-24(26)21-7-5-4-6-8-21/h4-12,22,24H,3,13-19,26H2,1-2H3. The number of hydrogen-bond acceptors (Lipinski definition) is 5. The van der Waals surface area contributed by atoms with Gasteiger partial charge < -0.3 is 15.5 Å². The molecule has 1 heterocycles. The van der Waals surface area contributed by atoms with Crippen molar-refractivity contribution in [2.75, 3.05) is 32.4 Å². The van der Waals surface area contributed by atoms with Gasteiger partial charge in [-0.2, -0.15) is 0 Å². The Balaban J connectivity index is 1.48. The van der Waals surface area contributed by atoms with Crippen LogP contribution in [0.2, 0.25) is 0 Å². The third kappa shape index (κ3) is 6.64. The number of piperidine rings is 1. The first-order valence-corrected chi connectivity index (χ1v) is 13.3. The second kappa shape index (κ2) is 11.1. The number of amides is 1. The van der Waals surface area contributed by atoms with Crippen molar-refractivity contribution in [3.05, 3.63) is 65.7 Å². The minimum Gasteiger partial charge on any atom is -0.340 e. The lowest BCUT2D eigenvalue weighted by atomic mass is 10.00. The molecule has 2 aromatic carbocycles. The van der Waals surface area contributed by atoms with Crippen LogP contribution in [0.5, 0.6) is 0 Å². The normalized spacial score (nSPS) is 16.6. The van der Waals surface area contributed by atoms with Gasteiger partial charge in [0.2, 0.25) is 5.91 Å². The lowest BCUT2D eigenvalue weighted by molar-refractivity contribution is -0.133. The van der Waals surface area contributed by atoms with Crippen LogP contribution in [0.1, 0.15) is 43.4 Å². The summed E-state index contributed by atoms with van der Waals surface area (Å²) in [7, 11) is -3.23. The molecule has 1 fully saturated rings. The SMILES string of the molecule is CCN(C(=O)Cc1ccc(S(C)(=O)=O)cc1)C1CCN(CCC(N)c2ccccc2)CC1. The van der Waals surface area contributed by atoms with E-state index >= 15 is 0 Å². The number of sulfone groups is 1. The van der Waals surface area contributed by atoms with Crippen molar-refractivity contribution in [3.63, 3.8) is 0 Å². The van der Waals surface area contributed by atoms with Crippen molar-refractivity contribution in [2.45, 2.75) is 49.6 Å². The summed E-state index contributed by atoms with van der Waals surface area (Å²) in [6.07, 6.45) is 4.34. The Morgan fingerprint density at radius 2 is 1.72 bits per heavy atom. The fraction of sp³-hybridized carbons (Fsp3) is 0.480. The van der Waals surface area contributed by atoms with Crippen LogP contribution in [0.3, 0.4) is 0 Å². The van der Waals surface area contributed by atoms with E-state index in [9.17, 15) is 13.2 Å². The molecule has 1 saturated heterocycles. The molecule has 1 aliphatic rings. The number of hydrogen-bond donors (Lipinski definition) is 1. The van der Waals surface area contributed by atoms with Gasteiger partial charge in [0.1, 0.15) is 0 Å². The van der Waals surface area contributed by atoms with Crippen LogP contribution >= 0.6 is 0 Å². The van der Waals surface area contributed by atoms with Crippen molar-refractivity contribution in [3.8, 4) is 0 Å². The minimum atomic E-state index is -3.23. The van der Waals surface area contributed by atoms with Crippen LogP contribution in [-0.4, -0.2) is 62.6 Å². The van der Waals surface area contributed by atoms with E-state index in [1.165, 1.54) is 11.8 Å². The van der Waals surface area contributed by atoms with Crippen molar-refractivity contribution < 1.29 is 13.2 Å². The lowest BCUT2D eigenvalue weighted by Crippen LogP contribution is -2.48. The molecule has 6 nitrogen and oxygen atoms in total. The summed E-state index contributed by atoms with van der Waals surface area (Å²) in [6, 6.07) is 17.1. The molecule has 2 aromatic rings. The highest BCUT2D eigenvalue weighted by Crippen LogP contribution is 2.20. The molecule has 32 heavy (non-hydrogen) atoms. The Kier molecular flexibility index (Phi) is 8.45. The first-order valence-electron chi connectivity index (χ1n) is 11.4. The highest BCUT2D eigenvalue weighted by molar-refractivity contribution is 7.90. The molecule has 0 bridgehead atoms. The molecule has 0 spiro atoms. The molecule has 1 atom stereocenters. The average Bonchev–Trinajstić information content (AvgIpc) is 2.79. The fourth-order valence-electron chi connectivity index (χ4n) is 4.41. The largest absolute Gasteiger partial charge is 0.340 e. The third-order valence-electron chi connectivity index (χ3n) is 6.35. The van der Waals surface area contributed by atoms with Crippen LogP contribution < -0.4 is 5.73 Å². The highest BCUT2D eigenvalue weighted by Gasteiger charge is 2.27. The van der Waals surface area contributed by atoms with Crippen LogP contribution in [0.4, 0.5) is 0 Å². The van der Waals surface area contributed by atoms with Gasteiger partial charge in [0.25, 0.3) is 0 Å². The topological polar surface area (TPSA) is 83.7 Å².